The lowest BCUT2D eigenvalue weighted by Crippen LogP contribution is -2.56. The summed E-state index contributed by atoms with van der Waals surface area (Å²) in [6.45, 7) is 15.9. The van der Waals surface area contributed by atoms with E-state index in [0.29, 0.717) is 23.5 Å². The average molecular weight is 439 g/mol. The summed E-state index contributed by atoms with van der Waals surface area (Å²) in [7, 11) is 0. The number of ether oxygens (including phenoxy) is 1. The van der Waals surface area contributed by atoms with E-state index in [-0.39, 0.29) is 39.1 Å². The van der Waals surface area contributed by atoms with Gasteiger partial charge in [0.15, 0.2) is 5.78 Å². The molecule has 0 aromatic rings. The number of ketones is 2. The van der Waals surface area contributed by atoms with Crippen molar-refractivity contribution >= 4 is 11.6 Å². The lowest BCUT2D eigenvalue weighted by atomic mass is 9.41. The van der Waals surface area contributed by atoms with Gasteiger partial charge in [-0.2, -0.15) is 0 Å². The fourth-order valence-electron chi connectivity index (χ4n) is 8.83. The molecule has 0 unspecified atom stereocenters. The van der Waals surface area contributed by atoms with Gasteiger partial charge in [0.05, 0.1) is 5.60 Å². The molecule has 3 heteroatoms. The molecule has 3 nitrogen and oxygen atoms in total. The second-order valence-corrected chi connectivity index (χ2v) is 13.4. The lowest BCUT2D eigenvalue weighted by molar-refractivity contribution is -0.145. The van der Waals surface area contributed by atoms with Crippen molar-refractivity contribution in [1.82, 2.24) is 0 Å². The Morgan fingerprint density at radius 2 is 1.72 bits per heavy atom. The van der Waals surface area contributed by atoms with Crippen LogP contribution in [0.4, 0.5) is 0 Å². The number of hydrogen-bond donors (Lipinski definition) is 0. The zero-order valence-corrected chi connectivity index (χ0v) is 21.2. The first-order chi connectivity index (χ1) is 14.8. The van der Waals surface area contributed by atoms with Gasteiger partial charge in [-0.15, -0.1) is 0 Å². The molecule has 0 aromatic carbocycles. The molecule has 5 rings (SSSR count). The van der Waals surface area contributed by atoms with Crippen LogP contribution in [0.25, 0.3) is 0 Å². The molecule has 32 heavy (non-hydrogen) atoms. The number of fused-ring (bicyclic) bond motifs is 5. The van der Waals surface area contributed by atoms with Crippen LogP contribution in [0.1, 0.15) is 93.4 Å². The Morgan fingerprint density at radius 1 is 1.03 bits per heavy atom. The van der Waals surface area contributed by atoms with E-state index >= 15 is 0 Å². The molecular formula is C29H42O3. The molecule has 0 bridgehead atoms. The molecule has 0 N–H and O–H groups in total. The first kappa shape index (κ1) is 22.6. The van der Waals surface area contributed by atoms with Crippen LogP contribution < -0.4 is 0 Å². The molecule has 4 aliphatic carbocycles. The monoisotopic (exact) mass is 438 g/mol. The maximum Gasteiger partial charge on any atom is 0.187 e. The molecule has 1 aliphatic heterocycles. The van der Waals surface area contributed by atoms with E-state index in [2.05, 4.69) is 46.8 Å². The molecule has 1 saturated heterocycles. The van der Waals surface area contributed by atoms with Crippen LogP contribution >= 0.6 is 0 Å². The van der Waals surface area contributed by atoms with Crippen molar-refractivity contribution in [2.24, 2.45) is 39.4 Å². The summed E-state index contributed by atoms with van der Waals surface area (Å²) in [5.74, 6) is 2.07. The number of carbonyl (C=O) groups is 2. The van der Waals surface area contributed by atoms with Crippen LogP contribution in [-0.4, -0.2) is 23.3 Å². The van der Waals surface area contributed by atoms with E-state index in [1.54, 1.807) is 5.57 Å². The highest BCUT2D eigenvalue weighted by Gasteiger charge is 2.64. The normalized spacial score (nSPS) is 48.6. The van der Waals surface area contributed by atoms with Gasteiger partial charge in [-0.25, -0.2) is 0 Å². The van der Waals surface area contributed by atoms with Crippen molar-refractivity contribution in [3.63, 3.8) is 0 Å². The maximum absolute atomic E-state index is 12.8. The second kappa shape index (κ2) is 6.68. The fourth-order valence-corrected chi connectivity index (χ4v) is 8.83. The first-order valence-corrected chi connectivity index (χ1v) is 12.9. The Balaban J connectivity index is 1.43. The summed E-state index contributed by atoms with van der Waals surface area (Å²) < 4.78 is 5.56. The molecule has 0 aromatic heterocycles. The molecule has 176 valence electrons. The predicted octanol–water partition coefficient (Wildman–Crippen LogP) is 6.46. The van der Waals surface area contributed by atoms with Gasteiger partial charge in [-0.3, -0.25) is 9.59 Å². The fraction of sp³-hybridized carbons (Fsp3) is 0.793. The van der Waals surface area contributed by atoms with Crippen molar-refractivity contribution in [3.8, 4) is 0 Å². The minimum atomic E-state index is -0.290. The van der Waals surface area contributed by atoms with Gasteiger partial charge in [-0.1, -0.05) is 52.3 Å². The highest BCUT2D eigenvalue weighted by atomic mass is 16.6. The van der Waals surface area contributed by atoms with E-state index in [1.807, 2.05) is 19.9 Å². The Morgan fingerprint density at radius 3 is 2.38 bits per heavy atom. The van der Waals surface area contributed by atoms with Crippen LogP contribution in [-0.2, 0) is 14.3 Å². The minimum Gasteiger partial charge on any atom is -0.358 e. The van der Waals surface area contributed by atoms with Crippen LogP contribution in [0, 0.1) is 39.4 Å². The number of rotatable bonds is 3. The van der Waals surface area contributed by atoms with Gasteiger partial charge >= 0.3 is 0 Å². The summed E-state index contributed by atoms with van der Waals surface area (Å²) in [5, 5.41) is 0. The molecule has 5 aliphatic rings. The predicted molar refractivity (Wildman–Crippen MR) is 127 cm³/mol. The van der Waals surface area contributed by atoms with E-state index < -0.39 is 0 Å². The zero-order chi connectivity index (χ0) is 23.3. The number of hydrogen-bond acceptors (Lipinski definition) is 3. The maximum atomic E-state index is 12.8. The molecule has 7 atom stereocenters. The number of allylic oxidation sites excluding steroid dienone is 3. The van der Waals surface area contributed by atoms with Crippen molar-refractivity contribution in [1.29, 1.82) is 0 Å². The lowest BCUT2D eigenvalue weighted by Gasteiger charge is -2.62. The largest absolute Gasteiger partial charge is 0.358 e. The van der Waals surface area contributed by atoms with Gasteiger partial charge in [0.1, 0.15) is 11.9 Å². The SMILES string of the molecule is CC1(C)O[C@H]1C(=O)/C=C/[C@@H]1CC[C@]2(C)C3=CC[C@H]4C(C)(C)C(=O)CC[C@]4(C)[C@H]3CC[C@@]12C. The van der Waals surface area contributed by atoms with E-state index in [9.17, 15) is 9.59 Å². The standard InChI is InChI=1S/C29H42O3/c1-25(2)22-11-9-20-19(27(22,5)15-14-23(25)31)13-17-28(6)18(12-16-29(20,28)7)8-10-21(30)24-26(3,4)32-24/h8-10,18-19,22,24H,11-17H2,1-7H3/b10-8+/t18-,19+,22+,24+,27-,28+,29-/m1/s1. The third-order valence-electron chi connectivity index (χ3n) is 11.4. The van der Waals surface area contributed by atoms with Crippen LogP contribution in [0.2, 0.25) is 0 Å². The molecule has 0 spiro atoms. The van der Waals surface area contributed by atoms with Gasteiger partial charge in [0.25, 0.3) is 0 Å². The van der Waals surface area contributed by atoms with Crippen molar-refractivity contribution in [2.75, 3.05) is 0 Å². The molecule has 4 fully saturated rings. The van der Waals surface area contributed by atoms with Crippen molar-refractivity contribution in [2.45, 2.75) is 105 Å². The Bertz CT molecular complexity index is 923. The average Bonchev–Trinajstić information content (AvgIpc) is 3.27. The summed E-state index contributed by atoms with van der Waals surface area (Å²) >= 11 is 0. The van der Waals surface area contributed by atoms with Crippen LogP contribution in [0.3, 0.4) is 0 Å². The number of epoxide rings is 1. The topological polar surface area (TPSA) is 46.7 Å². The molecular weight excluding hydrogens is 396 g/mol. The van der Waals surface area contributed by atoms with E-state index in [0.717, 1.165) is 25.7 Å². The van der Waals surface area contributed by atoms with Gasteiger partial charge in [-0.05, 0) is 92.4 Å². The van der Waals surface area contributed by atoms with Crippen LogP contribution in [0.5, 0.6) is 0 Å². The number of carbonyl (C=O) groups excluding carboxylic acids is 2. The zero-order valence-electron chi connectivity index (χ0n) is 21.2. The third kappa shape index (κ3) is 2.82. The van der Waals surface area contributed by atoms with Crippen molar-refractivity contribution < 1.29 is 14.3 Å². The quantitative estimate of drug-likeness (QED) is 0.288. The Labute approximate surface area is 194 Å². The molecule has 0 amide bonds. The highest BCUT2D eigenvalue weighted by molar-refractivity contribution is 5.96. The third-order valence-corrected chi connectivity index (χ3v) is 11.4. The summed E-state index contributed by atoms with van der Waals surface area (Å²) in [6, 6.07) is 0. The van der Waals surface area contributed by atoms with Crippen molar-refractivity contribution in [3.05, 3.63) is 23.8 Å². The Kier molecular flexibility index (Phi) is 4.71. The molecule has 1 heterocycles. The summed E-state index contributed by atoms with van der Waals surface area (Å²) in [6.07, 6.45) is 14.0. The molecule has 0 radical (unpaired) electrons. The smallest absolute Gasteiger partial charge is 0.187 e. The van der Waals surface area contributed by atoms with Gasteiger partial charge in [0, 0.05) is 11.8 Å². The summed E-state index contributed by atoms with van der Waals surface area (Å²) in [5.41, 5.74) is 1.78. The van der Waals surface area contributed by atoms with Gasteiger partial charge < -0.3 is 4.74 Å². The van der Waals surface area contributed by atoms with Gasteiger partial charge in [0.2, 0.25) is 0 Å². The molecule has 3 saturated carbocycles. The van der Waals surface area contributed by atoms with E-state index in [4.69, 9.17) is 4.74 Å². The second-order valence-electron chi connectivity index (χ2n) is 13.4. The summed E-state index contributed by atoms with van der Waals surface area (Å²) in [4.78, 5) is 25.4. The van der Waals surface area contributed by atoms with E-state index in [1.165, 1.54) is 19.3 Å². The first-order valence-electron chi connectivity index (χ1n) is 12.9. The minimum absolute atomic E-state index is 0.127. The van der Waals surface area contributed by atoms with Crippen LogP contribution in [0.15, 0.2) is 23.8 Å². The number of Topliss-reactive ketones (excluding diaryl/α,β-unsaturated/α-hetero) is 1. The highest BCUT2D eigenvalue weighted by Crippen LogP contribution is 2.72. The Hall–Kier alpha value is -1.22.